The van der Waals surface area contributed by atoms with E-state index in [1.54, 1.807) is 17.5 Å². The van der Waals surface area contributed by atoms with Crippen molar-refractivity contribution in [3.63, 3.8) is 0 Å². The summed E-state index contributed by atoms with van der Waals surface area (Å²) in [6.07, 6.45) is 2.83. The monoisotopic (exact) mass is 388 g/mol. The van der Waals surface area contributed by atoms with Gasteiger partial charge in [-0.05, 0) is 37.5 Å². The first kappa shape index (κ1) is 17.5. The molecule has 1 saturated heterocycles. The Morgan fingerprint density at radius 3 is 3.00 bits per heavy atom. The zero-order valence-corrected chi connectivity index (χ0v) is 16.2. The lowest BCUT2D eigenvalue weighted by Crippen LogP contribution is -2.30. The van der Waals surface area contributed by atoms with E-state index < -0.39 is 0 Å². The maximum absolute atomic E-state index is 6.11. The number of likely N-dealkylation sites (N-methyl/N-ethyl adjacent to an activating group) is 1. The molecule has 1 fully saturated rings. The highest BCUT2D eigenvalue weighted by Gasteiger charge is 2.17. The Labute approximate surface area is 161 Å². The zero-order valence-electron chi connectivity index (χ0n) is 14.7. The molecule has 26 heavy (non-hydrogen) atoms. The number of hydrogen-bond acceptors (Lipinski definition) is 7. The molecule has 0 saturated carbocycles. The van der Waals surface area contributed by atoms with Crippen molar-refractivity contribution in [1.29, 1.82) is 0 Å². The Hall–Kier alpha value is -1.96. The van der Waals surface area contributed by atoms with E-state index in [4.69, 9.17) is 21.6 Å². The summed E-state index contributed by atoms with van der Waals surface area (Å²) >= 11 is 7.83. The molecule has 3 aromatic rings. The molecule has 0 radical (unpaired) electrons. The molecule has 0 aliphatic carbocycles. The van der Waals surface area contributed by atoms with Crippen LogP contribution < -0.4 is 10.2 Å². The summed E-state index contributed by atoms with van der Waals surface area (Å²) in [5.41, 5.74) is 0.811. The van der Waals surface area contributed by atoms with Crippen molar-refractivity contribution >= 4 is 45.6 Å². The van der Waals surface area contributed by atoms with Gasteiger partial charge in [0.1, 0.15) is 11.0 Å². The van der Waals surface area contributed by atoms with Gasteiger partial charge in [-0.1, -0.05) is 17.7 Å². The summed E-state index contributed by atoms with van der Waals surface area (Å²) in [4.78, 5) is 19.6. The Morgan fingerprint density at radius 1 is 1.23 bits per heavy atom. The normalized spacial score (nSPS) is 16.0. The van der Waals surface area contributed by atoms with Crippen LogP contribution in [0.3, 0.4) is 0 Å². The molecule has 6 nitrogen and oxygen atoms in total. The molecule has 8 heteroatoms. The van der Waals surface area contributed by atoms with Crippen LogP contribution in [0.2, 0.25) is 5.15 Å². The van der Waals surface area contributed by atoms with Crippen LogP contribution in [0.5, 0.6) is 0 Å². The highest BCUT2D eigenvalue weighted by Crippen LogP contribution is 2.26. The topological polar surface area (TPSA) is 57.2 Å². The Bertz CT molecular complexity index is 885. The molecule has 1 aliphatic rings. The minimum atomic E-state index is 0.449. The van der Waals surface area contributed by atoms with Crippen molar-refractivity contribution in [1.82, 2.24) is 19.9 Å². The Balaban J connectivity index is 1.68. The van der Waals surface area contributed by atoms with Crippen LogP contribution >= 0.6 is 22.9 Å². The van der Waals surface area contributed by atoms with Crippen molar-refractivity contribution in [2.75, 3.05) is 43.4 Å². The minimum absolute atomic E-state index is 0.449. The molecule has 0 atom stereocenters. The molecule has 0 spiro atoms. The third kappa shape index (κ3) is 3.90. The van der Waals surface area contributed by atoms with E-state index in [1.165, 1.54) is 4.88 Å². The van der Waals surface area contributed by atoms with Crippen LogP contribution in [-0.2, 0) is 6.54 Å². The van der Waals surface area contributed by atoms with E-state index in [1.807, 2.05) is 6.07 Å². The first-order valence-electron chi connectivity index (χ1n) is 8.72. The number of aromatic nitrogens is 3. The maximum Gasteiger partial charge on any atom is 0.227 e. The van der Waals surface area contributed by atoms with Crippen LogP contribution in [0.4, 0.5) is 11.8 Å². The van der Waals surface area contributed by atoms with Crippen molar-refractivity contribution in [2.24, 2.45) is 0 Å². The van der Waals surface area contributed by atoms with Gasteiger partial charge in [0.25, 0.3) is 0 Å². The van der Waals surface area contributed by atoms with E-state index in [0.29, 0.717) is 5.15 Å². The van der Waals surface area contributed by atoms with Gasteiger partial charge in [-0.25, -0.2) is 9.97 Å². The molecule has 136 valence electrons. The molecule has 0 aromatic carbocycles. The quantitative estimate of drug-likeness (QED) is 0.690. The fourth-order valence-electron chi connectivity index (χ4n) is 3.10. The van der Waals surface area contributed by atoms with Gasteiger partial charge >= 0.3 is 0 Å². The lowest BCUT2D eigenvalue weighted by Gasteiger charge is -2.22. The van der Waals surface area contributed by atoms with Gasteiger partial charge in [0.2, 0.25) is 5.95 Å². The smallest absolute Gasteiger partial charge is 0.227 e. The van der Waals surface area contributed by atoms with E-state index in [2.05, 4.69) is 44.7 Å². The third-order valence-electron chi connectivity index (χ3n) is 4.55. The summed E-state index contributed by atoms with van der Waals surface area (Å²) in [6, 6.07) is 5.99. The molecule has 0 unspecified atom stereocenters. The van der Waals surface area contributed by atoms with Gasteiger partial charge < -0.3 is 15.1 Å². The second-order valence-electron chi connectivity index (χ2n) is 6.47. The molecule has 0 bridgehead atoms. The number of hydrogen-bond donors (Lipinski definition) is 1. The van der Waals surface area contributed by atoms with Gasteiger partial charge in [-0.15, -0.1) is 11.3 Å². The number of nitrogens with zero attached hydrogens (tertiary/aromatic N) is 5. The summed E-state index contributed by atoms with van der Waals surface area (Å²) in [5, 5.41) is 6.88. The second-order valence-corrected chi connectivity index (χ2v) is 7.89. The van der Waals surface area contributed by atoms with Gasteiger partial charge in [0.05, 0.1) is 18.3 Å². The highest BCUT2D eigenvalue weighted by atomic mass is 35.5. The molecule has 1 N–H and O–H groups in total. The average Bonchev–Trinajstić information content (AvgIpc) is 3.07. The predicted octanol–water partition coefficient (Wildman–Crippen LogP) is 3.49. The number of nitrogens with one attached hydrogen (secondary N) is 1. The van der Waals surface area contributed by atoms with Crippen LogP contribution in [0.15, 0.2) is 29.8 Å². The number of thiophene rings is 1. The van der Waals surface area contributed by atoms with Crippen molar-refractivity contribution in [3.05, 3.63) is 39.8 Å². The number of halogens is 1. The standard InChI is InChI=1S/C18H21ClN6S/c1-24-5-3-6-25(8-7-24)18-22-15-12-20-16(19)10-14(15)17(23-18)21-11-13-4-2-9-26-13/h2,4,9-10,12H,3,5-8,11H2,1H3,(H,21,22,23). The first-order valence-corrected chi connectivity index (χ1v) is 9.98. The largest absolute Gasteiger partial charge is 0.364 e. The van der Waals surface area contributed by atoms with E-state index >= 15 is 0 Å². The van der Waals surface area contributed by atoms with Crippen LogP contribution in [0.1, 0.15) is 11.3 Å². The van der Waals surface area contributed by atoms with E-state index in [-0.39, 0.29) is 0 Å². The number of pyridine rings is 1. The highest BCUT2D eigenvalue weighted by molar-refractivity contribution is 7.09. The Kier molecular flexibility index (Phi) is 5.19. The van der Waals surface area contributed by atoms with Crippen LogP contribution in [0, 0.1) is 0 Å². The molecule has 3 aromatic heterocycles. The molecular weight excluding hydrogens is 368 g/mol. The first-order chi connectivity index (χ1) is 12.7. The SMILES string of the molecule is CN1CCCN(c2nc(NCc3cccs3)c3cc(Cl)ncc3n2)CC1. The molecule has 0 amide bonds. The fourth-order valence-corrected chi connectivity index (χ4v) is 3.90. The van der Waals surface area contributed by atoms with Gasteiger partial charge in [0, 0.05) is 29.9 Å². The third-order valence-corrected chi connectivity index (χ3v) is 5.63. The van der Waals surface area contributed by atoms with Crippen LogP contribution in [-0.4, -0.2) is 53.1 Å². The number of anilines is 2. The van der Waals surface area contributed by atoms with Crippen molar-refractivity contribution < 1.29 is 0 Å². The van der Waals surface area contributed by atoms with Gasteiger partial charge in [-0.2, -0.15) is 4.98 Å². The van der Waals surface area contributed by atoms with Gasteiger partial charge in [-0.3, -0.25) is 0 Å². The van der Waals surface area contributed by atoms with Crippen LogP contribution in [0.25, 0.3) is 10.9 Å². The summed E-state index contributed by atoms with van der Waals surface area (Å²) in [5.74, 6) is 1.56. The van der Waals surface area contributed by atoms with E-state index in [0.717, 1.165) is 61.8 Å². The lowest BCUT2D eigenvalue weighted by molar-refractivity contribution is 0.360. The average molecular weight is 389 g/mol. The fraction of sp³-hybridized carbons (Fsp3) is 0.389. The summed E-state index contributed by atoms with van der Waals surface area (Å²) in [6.45, 7) is 4.73. The number of fused-ring (bicyclic) bond motifs is 1. The Morgan fingerprint density at radius 2 is 2.15 bits per heavy atom. The minimum Gasteiger partial charge on any atom is -0.364 e. The lowest BCUT2D eigenvalue weighted by atomic mass is 10.3. The maximum atomic E-state index is 6.11. The van der Waals surface area contributed by atoms with Crippen molar-refractivity contribution in [2.45, 2.75) is 13.0 Å². The molecule has 1 aliphatic heterocycles. The van der Waals surface area contributed by atoms with E-state index in [9.17, 15) is 0 Å². The second kappa shape index (κ2) is 7.73. The molecule has 4 rings (SSSR count). The summed E-state index contributed by atoms with van der Waals surface area (Å²) in [7, 11) is 2.16. The molecular formula is C18H21ClN6S. The zero-order chi connectivity index (χ0) is 17.9. The molecule has 4 heterocycles. The predicted molar refractivity (Wildman–Crippen MR) is 108 cm³/mol. The summed E-state index contributed by atoms with van der Waals surface area (Å²) < 4.78 is 0. The van der Waals surface area contributed by atoms with Gasteiger partial charge in [0.15, 0.2) is 0 Å². The number of rotatable bonds is 4. The van der Waals surface area contributed by atoms with Crippen molar-refractivity contribution in [3.8, 4) is 0 Å².